The number of amides is 1. The number of carbonyl (C=O) groups excluding carboxylic acids is 1. The summed E-state index contributed by atoms with van der Waals surface area (Å²) >= 11 is 0. The van der Waals surface area contributed by atoms with Gasteiger partial charge in [0, 0.05) is 17.8 Å². The van der Waals surface area contributed by atoms with Gasteiger partial charge in [0.15, 0.2) is 5.69 Å². The Morgan fingerprint density at radius 1 is 1.26 bits per heavy atom. The number of hydroxylamine groups is 2. The van der Waals surface area contributed by atoms with Gasteiger partial charge >= 0.3 is 6.41 Å². The fraction of sp³-hybridized carbons (Fsp3) is 0.143. The predicted molar refractivity (Wildman–Crippen MR) is 70.4 cm³/mol. The Bertz CT molecular complexity index is 586. The van der Waals surface area contributed by atoms with E-state index in [0.717, 1.165) is 5.56 Å². The summed E-state index contributed by atoms with van der Waals surface area (Å²) in [6, 6.07) is 9.42. The summed E-state index contributed by atoms with van der Waals surface area (Å²) < 4.78 is 12.6. The molecule has 98 valence electrons. The van der Waals surface area contributed by atoms with E-state index in [-0.39, 0.29) is 10.5 Å². The number of hydrogen-bond acceptors (Lipinski definition) is 3. The van der Waals surface area contributed by atoms with Crippen molar-refractivity contribution in [3.63, 3.8) is 0 Å². The van der Waals surface area contributed by atoms with E-state index in [4.69, 9.17) is 4.84 Å². The third kappa shape index (κ3) is 2.52. The van der Waals surface area contributed by atoms with Crippen LogP contribution in [0.4, 0.5) is 10.1 Å². The molecule has 2 aromatic rings. The summed E-state index contributed by atoms with van der Waals surface area (Å²) in [6.07, 6.45) is 2.29. The molecule has 0 radical (unpaired) electrons. The summed E-state index contributed by atoms with van der Waals surface area (Å²) in [4.78, 5) is 20.7. The molecule has 19 heavy (non-hydrogen) atoms. The van der Waals surface area contributed by atoms with Gasteiger partial charge in [-0.3, -0.25) is 0 Å². The fourth-order valence-corrected chi connectivity index (χ4v) is 1.78. The molecule has 0 aliphatic rings. The number of pyridine rings is 1. The van der Waals surface area contributed by atoms with Crippen molar-refractivity contribution in [1.29, 1.82) is 0 Å². The highest BCUT2D eigenvalue weighted by Gasteiger charge is 2.30. The van der Waals surface area contributed by atoms with E-state index in [1.165, 1.54) is 19.2 Å². The van der Waals surface area contributed by atoms with Crippen molar-refractivity contribution in [2.75, 3.05) is 14.2 Å². The number of nitrogens with zero attached hydrogens (tertiary/aromatic N) is 2. The van der Waals surface area contributed by atoms with E-state index in [0.29, 0.717) is 17.8 Å². The molecule has 5 heteroatoms. The maximum atomic E-state index is 13.0. The van der Waals surface area contributed by atoms with E-state index in [1.54, 1.807) is 37.5 Å². The molecule has 0 saturated heterocycles. The molecular formula is C14H14FN2O2+. The summed E-state index contributed by atoms with van der Waals surface area (Å²) in [5.74, 6) is -0.319. The van der Waals surface area contributed by atoms with Gasteiger partial charge in [-0.2, -0.15) is 4.84 Å². The summed E-state index contributed by atoms with van der Waals surface area (Å²) in [7, 11) is 3.05. The van der Waals surface area contributed by atoms with Gasteiger partial charge in [-0.15, -0.1) is 0 Å². The highest BCUT2D eigenvalue weighted by atomic mass is 19.1. The third-order valence-corrected chi connectivity index (χ3v) is 2.96. The maximum Gasteiger partial charge on any atom is 0.338 e. The Kier molecular flexibility index (Phi) is 3.69. The van der Waals surface area contributed by atoms with Gasteiger partial charge in [-0.25, -0.2) is 14.2 Å². The first-order chi connectivity index (χ1) is 9.10. The van der Waals surface area contributed by atoms with Crippen LogP contribution in [0, 0.1) is 5.82 Å². The molecule has 0 saturated carbocycles. The Hall–Kier alpha value is -2.11. The Morgan fingerprint density at radius 3 is 2.53 bits per heavy atom. The van der Waals surface area contributed by atoms with Gasteiger partial charge in [-0.1, -0.05) is 4.65 Å². The minimum Gasteiger partial charge on any atom is -0.250 e. The molecule has 4 nitrogen and oxygen atoms in total. The minimum atomic E-state index is -0.361. The topological polar surface area (TPSA) is 39.2 Å². The number of rotatable bonds is 4. The Balaban J connectivity index is 2.59. The van der Waals surface area contributed by atoms with Crippen molar-refractivity contribution >= 4 is 12.1 Å². The van der Waals surface area contributed by atoms with Crippen molar-refractivity contribution in [3.05, 3.63) is 48.4 Å². The van der Waals surface area contributed by atoms with Gasteiger partial charge < -0.3 is 0 Å². The average Bonchev–Trinajstić information content (AvgIpc) is 2.47. The van der Waals surface area contributed by atoms with E-state index in [1.807, 2.05) is 0 Å². The van der Waals surface area contributed by atoms with Crippen molar-refractivity contribution in [2.45, 2.75) is 0 Å². The second kappa shape index (κ2) is 5.26. The zero-order valence-electron chi connectivity index (χ0n) is 10.7. The molecule has 2 rings (SSSR count). The molecule has 1 amide bonds. The number of halogens is 1. The minimum absolute atomic E-state index is 0.319. The first-order valence-corrected chi connectivity index (χ1v) is 5.70. The molecule has 0 fully saturated rings. The monoisotopic (exact) mass is 261 g/mol. The van der Waals surface area contributed by atoms with Gasteiger partial charge in [0.05, 0.1) is 7.11 Å². The first kappa shape index (κ1) is 13.3. The van der Waals surface area contributed by atoms with E-state index >= 15 is 0 Å². The van der Waals surface area contributed by atoms with Crippen LogP contribution >= 0.6 is 0 Å². The van der Waals surface area contributed by atoms with Crippen LogP contribution in [0.5, 0.6) is 0 Å². The Morgan fingerprint density at radius 2 is 1.95 bits per heavy atom. The lowest BCUT2D eigenvalue weighted by molar-refractivity contribution is -0.149. The standard InChI is InChI=1S/C14H14FN2O2/c1-17(10-18,19-2)13-4-3-9-16-14(13)11-5-7-12(15)8-6-11/h3-10H,1-2H3/q+1. The van der Waals surface area contributed by atoms with Crippen LogP contribution in [0.2, 0.25) is 0 Å². The second-order valence-electron chi connectivity index (χ2n) is 4.16. The zero-order valence-corrected chi connectivity index (χ0v) is 10.7. The van der Waals surface area contributed by atoms with Gasteiger partial charge in [-0.05, 0) is 30.3 Å². The molecule has 0 bridgehead atoms. The number of carbonyl (C=O) groups is 1. The van der Waals surface area contributed by atoms with Crippen LogP contribution in [0.1, 0.15) is 0 Å². The van der Waals surface area contributed by atoms with Crippen LogP contribution in [0.15, 0.2) is 42.6 Å². The zero-order chi connectivity index (χ0) is 13.9. The second-order valence-corrected chi connectivity index (χ2v) is 4.16. The average molecular weight is 261 g/mol. The largest absolute Gasteiger partial charge is 0.338 e. The van der Waals surface area contributed by atoms with E-state index < -0.39 is 0 Å². The lowest BCUT2D eigenvalue weighted by Gasteiger charge is -2.23. The SMILES string of the molecule is CO[N+](C)(C=O)c1cccnc1-c1ccc(F)cc1. The Labute approximate surface area is 110 Å². The predicted octanol–water partition coefficient (Wildman–Crippen LogP) is 2.54. The van der Waals surface area contributed by atoms with Crippen LogP contribution in [-0.4, -0.2) is 25.6 Å². The van der Waals surface area contributed by atoms with E-state index in [9.17, 15) is 9.18 Å². The number of benzene rings is 1. The molecular weight excluding hydrogens is 247 g/mol. The summed E-state index contributed by atoms with van der Waals surface area (Å²) in [5, 5.41) is 0. The number of aromatic nitrogens is 1. The fourth-order valence-electron chi connectivity index (χ4n) is 1.78. The van der Waals surface area contributed by atoms with Crippen LogP contribution in [0.25, 0.3) is 11.3 Å². The van der Waals surface area contributed by atoms with Gasteiger partial charge in [0.1, 0.15) is 18.6 Å². The first-order valence-electron chi connectivity index (χ1n) is 5.70. The van der Waals surface area contributed by atoms with Crippen LogP contribution in [-0.2, 0) is 9.63 Å². The van der Waals surface area contributed by atoms with Crippen LogP contribution in [0.3, 0.4) is 0 Å². The van der Waals surface area contributed by atoms with Crippen molar-refractivity contribution in [3.8, 4) is 11.3 Å². The smallest absolute Gasteiger partial charge is 0.250 e. The van der Waals surface area contributed by atoms with Crippen molar-refractivity contribution in [1.82, 2.24) is 9.63 Å². The highest BCUT2D eigenvalue weighted by Crippen LogP contribution is 2.31. The van der Waals surface area contributed by atoms with Gasteiger partial charge in [0.25, 0.3) is 0 Å². The normalized spacial score (nSPS) is 13.8. The summed E-state index contributed by atoms with van der Waals surface area (Å²) in [6.45, 7) is 0. The maximum absolute atomic E-state index is 13.0. The van der Waals surface area contributed by atoms with Crippen molar-refractivity contribution in [2.24, 2.45) is 0 Å². The summed E-state index contributed by atoms with van der Waals surface area (Å²) in [5.41, 5.74) is 1.89. The lowest BCUT2D eigenvalue weighted by Crippen LogP contribution is -2.42. The molecule has 0 aliphatic carbocycles. The molecule has 1 unspecified atom stereocenters. The molecule has 1 aromatic carbocycles. The molecule has 1 atom stereocenters. The quantitative estimate of drug-likeness (QED) is 0.482. The molecule has 0 spiro atoms. The highest BCUT2D eigenvalue weighted by molar-refractivity contribution is 5.79. The molecule has 0 N–H and O–H groups in total. The molecule has 1 aromatic heterocycles. The number of hydrogen-bond donors (Lipinski definition) is 0. The van der Waals surface area contributed by atoms with Crippen molar-refractivity contribution < 1.29 is 14.0 Å². The van der Waals surface area contributed by atoms with Gasteiger partial charge in [0.2, 0.25) is 0 Å². The third-order valence-electron chi connectivity index (χ3n) is 2.96. The van der Waals surface area contributed by atoms with E-state index in [2.05, 4.69) is 4.98 Å². The van der Waals surface area contributed by atoms with Crippen LogP contribution < -0.4 is 4.65 Å². The number of quaternary nitrogens is 1. The molecule has 1 heterocycles. The lowest BCUT2D eigenvalue weighted by atomic mass is 10.1. The molecule has 0 aliphatic heterocycles.